The van der Waals surface area contributed by atoms with E-state index in [2.05, 4.69) is 15.7 Å². The van der Waals surface area contributed by atoms with Gasteiger partial charge >= 0.3 is 0 Å². The lowest BCUT2D eigenvalue weighted by molar-refractivity contribution is 0.0951. The first kappa shape index (κ1) is 10.7. The molecule has 0 atom stereocenters. The normalized spacial score (nSPS) is 13.3. The van der Waals surface area contributed by atoms with Gasteiger partial charge in [-0.15, -0.1) is 0 Å². The predicted molar refractivity (Wildman–Crippen MR) is 66.2 cm³/mol. The van der Waals surface area contributed by atoms with Crippen LogP contribution in [0.1, 0.15) is 20.7 Å². The molecule has 1 amide bonds. The maximum absolute atomic E-state index is 11.8. The number of carbonyl (C=O) groups is 2. The van der Waals surface area contributed by atoms with Gasteiger partial charge in [0.05, 0.1) is 23.3 Å². The fraction of sp³-hybridized carbons (Fsp3) is 0.0833. The molecule has 0 unspecified atom stereocenters. The third kappa shape index (κ3) is 1.36. The molecule has 0 aliphatic carbocycles. The number of anilines is 1. The number of hydrogen-bond donors (Lipinski definition) is 3. The molecule has 6 heteroatoms. The smallest absolute Gasteiger partial charge is 0.268 e. The first-order valence-electron chi connectivity index (χ1n) is 5.42. The lowest BCUT2D eigenvalue weighted by atomic mass is 9.97. The van der Waals surface area contributed by atoms with Crippen LogP contribution in [0.2, 0.25) is 0 Å². The molecule has 0 bridgehead atoms. The van der Waals surface area contributed by atoms with E-state index < -0.39 is 5.91 Å². The number of nitrogens with two attached hydrogens (primary N) is 1. The van der Waals surface area contributed by atoms with E-state index >= 15 is 0 Å². The Morgan fingerprint density at radius 1 is 1.44 bits per heavy atom. The highest BCUT2D eigenvalue weighted by Crippen LogP contribution is 2.32. The summed E-state index contributed by atoms with van der Waals surface area (Å²) >= 11 is 0. The maximum Gasteiger partial charge on any atom is 0.268 e. The van der Waals surface area contributed by atoms with Crippen LogP contribution in [-0.2, 0) is 0 Å². The summed E-state index contributed by atoms with van der Waals surface area (Å²) in [6, 6.07) is 5.31. The highest BCUT2D eigenvalue weighted by atomic mass is 16.2. The lowest BCUT2D eigenvalue weighted by Crippen LogP contribution is -2.32. The summed E-state index contributed by atoms with van der Waals surface area (Å²) in [6.07, 6.45) is 1.45. The van der Waals surface area contributed by atoms with E-state index in [0.29, 0.717) is 27.7 Å². The summed E-state index contributed by atoms with van der Waals surface area (Å²) in [5.74, 6) is 4.69. The largest absolute Gasteiger partial charge is 0.376 e. The molecule has 0 fully saturated rings. The van der Waals surface area contributed by atoms with Gasteiger partial charge in [0.15, 0.2) is 5.78 Å². The van der Waals surface area contributed by atoms with Gasteiger partial charge in [-0.05, 0) is 6.07 Å². The van der Waals surface area contributed by atoms with E-state index in [1.807, 2.05) is 0 Å². The number of carbonyl (C=O) groups excluding carboxylic acids is 2. The minimum atomic E-state index is -0.434. The standard InChI is InChI=1S/C12H10N4O2/c13-16-12(18)7-4-14-8-3-1-2-6-9(17)5-15-11(7)10(6)8/h1-4,15H,5,13H2,(H,16,18). The van der Waals surface area contributed by atoms with Crippen LogP contribution in [0.4, 0.5) is 5.69 Å². The lowest BCUT2D eigenvalue weighted by Gasteiger charge is -2.19. The second-order valence-electron chi connectivity index (χ2n) is 4.00. The van der Waals surface area contributed by atoms with E-state index in [9.17, 15) is 9.59 Å². The van der Waals surface area contributed by atoms with Crippen LogP contribution in [0.15, 0.2) is 24.4 Å². The van der Waals surface area contributed by atoms with Crippen molar-refractivity contribution in [3.05, 3.63) is 35.5 Å². The van der Waals surface area contributed by atoms with Gasteiger partial charge in [-0.2, -0.15) is 0 Å². The van der Waals surface area contributed by atoms with Gasteiger partial charge in [0.2, 0.25) is 0 Å². The number of nitrogens with one attached hydrogen (secondary N) is 2. The number of ketones is 1. The van der Waals surface area contributed by atoms with Crippen molar-refractivity contribution in [2.45, 2.75) is 0 Å². The molecule has 90 valence electrons. The monoisotopic (exact) mass is 242 g/mol. The first-order chi connectivity index (χ1) is 8.72. The quantitative estimate of drug-likeness (QED) is 0.383. The fourth-order valence-corrected chi connectivity index (χ4v) is 2.17. The Morgan fingerprint density at radius 2 is 2.28 bits per heavy atom. The molecular weight excluding hydrogens is 232 g/mol. The second kappa shape index (κ2) is 3.78. The Bertz CT molecular complexity index is 681. The molecule has 1 aromatic heterocycles. The highest BCUT2D eigenvalue weighted by Gasteiger charge is 2.23. The van der Waals surface area contributed by atoms with Crippen LogP contribution < -0.4 is 16.6 Å². The van der Waals surface area contributed by atoms with Crippen LogP contribution in [0.3, 0.4) is 0 Å². The summed E-state index contributed by atoms with van der Waals surface area (Å²) in [6.45, 7) is 0.168. The zero-order valence-electron chi connectivity index (χ0n) is 9.36. The van der Waals surface area contributed by atoms with Gasteiger partial charge in [-0.3, -0.25) is 20.0 Å². The minimum absolute atomic E-state index is 0.0137. The van der Waals surface area contributed by atoms with Crippen molar-refractivity contribution in [1.82, 2.24) is 10.4 Å². The number of nitrogens with zero attached hydrogens (tertiary/aromatic N) is 1. The van der Waals surface area contributed by atoms with Crippen LogP contribution in [0, 0.1) is 0 Å². The molecule has 0 saturated heterocycles. The fourth-order valence-electron chi connectivity index (χ4n) is 2.17. The van der Waals surface area contributed by atoms with Gasteiger partial charge < -0.3 is 5.32 Å². The Morgan fingerprint density at radius 3 is 3.06 bits per heavy atom. The van der Waals surface area contributed by atoms with E-state index in [1.165, 1.54) is 6.20 Å². The summed E-state index contributed by atoms with van der Waals surface area (Å²) in [5, 5.41) is 3.63. The van der Waals surface area contributed by atoms with Crippen LogP contribution in [0.25, 0.3) is 10.9 Å². The van der Waals surface area contributed by atoms with Gasteiger partial charge in [-0.1, -0.05) is 12.1 Å². The molecule has 0 spiro atoms. The molecule has 1 aromatic carbocycles. The van der Waals surface area contributed by atoms with Gasteiger partial charge in [0, 0.05) is 17.1 Å². The summed E-state index contributed by atoms with van der Waals surface area (Å²) < 4.78 is 0. The number of benzene rings is 1. The minimum Gasteiger partial charge on any atom is -0.376 e. The Labute approximate surface area is 102 Å². The number of rotatable bonds is 1. The number of Topliss-reactive ketones (excluding diaryl/α,β-unsaturated/α-hetero) is 1. The number of pyridine rings is 1. The van der Waals surface area contributed by atoms with Crippen molar-refractivity contribution in [2.24, 2.45) is 5.84 Å². The number of amides is 1. The molecule has 0 saturated carbocycles. The number of hydrogen-bond acceptors (Lipinski definition) is 5. The van der Waals surface area contributed by atoms with Crippen molar-refractivity contribution in [3.8, 4) is 0 Å². The van der Waals surface area contributed by atoms with E-state index in [1.54, 1.807) is 18.2 Å². The van der Waals surface area contributed by atoms with Crippen molar-refractivity contribution in [3.63, 3.8) is 0 Å². The molecule has 6 nitrogen and oxygen atoms in total. The summed E-state index contributed by atoms with van der Waals surface area (Å²) in [5.41, 5.74) is 4.28. The number of aromatic nitrogens is 1. The maximum atomic E-state index is 11.8. The second-order valence-corrected chi connectivity index (χ2v) is 4.00. The molecule has 0 radical (unpaired) electrons. The highest BCUT2D eigenvalue weighted by molar-refractivity contribution is 6.19. The van der Waals surface area contributed by atoms with Crippen molar-refractivity contribution < 1.29 is 9.59 Å². The molecular formula is C12H10N4O2. The third-order valence-electron chi connectivity index (χ3n) is 3.00. The molecule has 2 heterocycles. The number of hydrazine groups is 1. The van der Waals surface area contributed by atoms with Crippen molar-refractivity contribution in [2.75, 3.05) is 11.9 Å². The van der Waals surface area contributed by atoms with Gasteiger partial charge in [-0.25, -0.2) is 5.84 Å². The molecule has 3 rings (SSSR count). The Kier molecular flexibility index (Phi) is 2.24. The van der Waals surface area contributed by atoms with Gasteiger partial charge in [0.25, 0.3) is 5.91 Å². The summed E-state index contributed by atoms with van der Waals surface area (Å²) in [4.78, 5) is 27.6. The topological polar surface area (TPSA) is 97.1 Å². The van der Waals surface area contributed by atoms with Gasteiger partial charge in [0.1, 0.15) is 0 Å². The Hall–Kier alpha value is -2.47. The van der Waals surface area contributed by atoms with Crippen LogP contribution in [0.5, 0.6) is 0 Å². The number of nitrogen functional groups attached to an aromatic ring is 1. The zero-order chi connectivity index (χ0) is 12.7. The third-order valence-corrected chi connectivity index (χ3v) is 3.00. The molecule has 4 N–H and O–H groups in total. The van der Waals surface area contributed by atoms with Crippen molar-refractivity contribution in [1.29, 1.82) is 0 Å². The zero-order valence-corrected chi connectivity index (χ0v) is 9.36. The van der Waals surface area contributed by atoms with Crippen LogP contribution >= 0.6 is 0 Å². The van der Waals surface area contributed by atoms with Crippen LogP contribution in [-0.4, -0.2) is 23.2 Å². The van der Waals surface area contributed by atoms with E-state index in [4.69, 9.17) is 5.84 Å². The predicted octanol–water partition coefficient (Wildman–Crippen LogP) is 0.446. The molecule has 18 heavy (non-hydrogen) atoms. The SMILES string of the molecule is NNC(=O)c1cnc2cccc3c2c1NCC3=O. The molecule has 1 aliphatic rings. The van der Waals surface area contributed by atoms with E-state index in [-0.39, 0.29) is 12.3 Å². The average molecular weight is 242 g/mol. The molecule has 1 aliphatic heterocycles. The summed E-state index contributed by atoms with van der Waals surface area (Å²) in [7, 11) is 0. The van der Waals surface area contributed by atoms with Crippen molar-refractivity contribution >= 4 is 28.3 Å². The first-order valence-corrected chi connectivity index (χ1v) is 5.42. The van der Waals surface area contributed by atoms with E-state index in [0.717, 1.165) is 0 Å². The average Bonchev–Trinajstić information content (AvgIpc) is 2.42. The molecule has 2 aromatic rings. The Balaban J connectivity index is 2.39.